The van der Waals surface area contributed by atoms with Crippen LogP contribution in [0.5, 0.6) is 0 Å². The van der Waals surface area contributed by atoms with E-state index in [1.165, 1.54) is 22.9 Å². The van der Waals surface area contributed by atoms with Gasteiger partial charge >= 0.3 is 5.97 Å². The van der Waals surface area contributed by atoms with Crippen LogP contribution in [-0.2, 0) is 16.1 Å². The van der Waals surface area contributed by atoms with Crippen LogP contribution in [0.3, 0.4) is 0 Å². The predicted molar refractivity (Wildman–Crippen MR) is 70.2 cm³/mol. The van der Waals surface area contributed by atoms with Crippen LogP contribution >= 0.6 is 11.6 Å². The molecule has 1 amide bonds. The van der Waals surface area contributed by atoms with Crippen molar-refractivity contribution in [1.82, 2.24) is 9.88 Å². The van der Waals surface area contributed by atoms with Gasteiger partial charge < -0.3 is 15.0 Å². The molecule has 1 aromatic heterocycles. The molecule has 2 N–H and O–H groups in total. The Hall–Kier alpha value is -1.82. The zero-order valence-electron chi connectivity index (χ0n) is 10.3. The van der Waals surface area contributed by atoms with E-state index in [-0.39, 0.29) is 30.9 Å². The number of hydrogen-bond acceptors (Lipinski definition) is 3. The molecule has 0 aliphatic heterocycles. The van der Waals surface area contributed by atoms with Gasteiger partial charge in [0.15, 0.2) is 0 Å². The number of carbonyl (C=O) groups excluding carboxylic acids is 1. The summed E-state index contributed by atoms with van der Waals surface area (Å²) in [7, 11) is 0. The van der Waals surface area contributed by atoms with Crippen LogP contribution in [0.4, 0.5) is 0 Å². The molecule has 0 unspecified atom stereocenters. The van der Waals surface area contributed by atoms with Gasteiger partial charge in [-0.1, -0.05) is 11.6 Å². The van der Waals surface area contributed by atoms with Gasteiger partial charge in [-0.2, -0.15) is 0 Å². The quantitative estimate of drug-likeness (QED) is 0.778. The molecule has 1 rings (SSSR count). The van der Waals surface area contributed by atoms with E-state index in [9.17, 15) is 14.4 Å². The predicted octanol–water partition coefficient (Wildman–Crippen LogP) is 0.873. The van der Waals surface area contributed by atoms with Gasteiger partial charge in [0.1, 0.15) is 0 Å². The Morgan fingerprint density at radius 3 is 2.74 bits per heavy atom. The van der Waals surface area contributed by atoms with Crippen molar-refractivity contribution in [1.29, 1.82) is 0 Å². The van der Waals surface area contributed by atoms with Crippen molar-refractivity contribution < 1.29 is 14.7 Å². The summed E-state index contributed by atoms with van der Waals surface area (Å²) in [6, 6.07) is 2.88. The Labute approximate surface area is 115 Å². The number of pyridine rings is 1. The fraction of sp³-hybridized carbons (Fsp3) is 0.417. The van der Waals surface area contributed by atoms with Gasteiger partial charge in [0.05, 0.1) is 11.4 Å². The summed E-state index contributed by atoms with van der Waals surface area (Å²) in [6.07, 6.45) is 2.14. The van der Waals surface area contributed by atoms with E-state index in [1.54, 1.807) is 0 Å². The topological polar surface area (TPSA) is 88.4 Å². The number of rotatable bonds is 7. The van der Waals surface area contributed by atoms with Gasteiger partial charge in [0.2, 0.25) is 5.91 Å². The standard InChI is InChI=1S/C12H15ClN2O4/c13-9-3-4-11(17)15(8-9)7-1-2-10(16)14-6-5-12(18)19/h3-4,8H,1-2,5-7H2,(H,14,16)(H,18,19). The normalized spacial score (nSPS) is 10.2. The third-order valence-electron chi connectivity index (χ3n) is 2.41. The van der Waals surface area contributed by atoms with Gasteiger partial charge in [0.25, 0.3) is 5.56 Å². The summed E-state index contributed by atoms with van der Waals surface area (Å²) < 4.78 is 1.44. The van der Waals surface area contributed by atoms with E-state index in [0.717, 1.165) is 0 Å². The minimum atomic E-state index is -0.953. The first-order chi connectivity index (χ1) is 8.99. The van der Waals surface area contributed by atoms with Gasteiger partial charge in [-0.25, -0.2) is 0 Å². The van der Waals surface area contributed by atoms with Crippen LogP contribution in [0.25, 0.3) is 0 Å². The molecule has 0 bridgehead atoms. The number of carbonyl (C=O) groups is 2. The number of hydrogen-bond donors (Lipinski definition) is 2. The summed E-state index contributed by atoms with van der Waals surface area (Å²) in [5, 5.41) is 11.4. The lowest BCUT2D eigenvalue weighted by molar-refractivity contribution is -0.136. The number of aliphatic carboxylic acids is 1. The summed E-state index contributed by atoms with van der Waals surface area (Å²) in [4.78, 5) is 33.0. The summed E-state index contributed by atoms with van der Waals surface area (Å²) in [5.41, 5.74) is -0.171. The van der Waals surface area contributed by atoms with Crippen molar-refractivity contribution in [2.45, 2.75) is 25.8 Å². The monoisotopic (exact) mass is 286 g/mol. The maximum Gasteiger partial charge on any atom is 0.305 e. The maximum atomic E-state index is 11.4. The van der Waals surface area contributed by atoms with Crippen LogP contribution in [0.1, 0.15) is 19.3 Å². The average molecular weight is 287 g/mol. The molecule has 19 heavy (non-hydrogen) atoms. The number of carboxylic acid groups (broad SMARTS) is 1. The minimum Gasteiger partial charge on any atom is -0.481 e. The van der Waals surface area contributed by atoms with Crippen molar-refractivity contribution in [3.05, 3.63) is 33.7 Å². The fourth-order valence-corrected chi connectivity index (χ4v) is 1.66. The molecule has 7 heteroatoms. The zero-order chi connectivity index (χ0) is 14.3. The number of amides is 1. The third-order valence-corrected chi connectivity index (χ3v) is 2.63. The number of nitrogens with zero attached hydrogens (tertiary/aromatic N) is 1. The molecule has 0 aliphatic rings. The summed E-state index contributed by atoms with van der Waals surface area (Å²) in [6.45, 7) is 0.511. The molecule has 0 atom stereocenters. The molecule has 1 aromatic rings. The van der Waals surface area contributed by atoms with Crippen molar-refractivity contribution in [2.24, 2.45) is 0 Å². The number of halogens is 1. The van der Waals surface area contributed by atoms with Crippen LogP contribution in [0.15, 0.2) is 23.1 Å². The van der Waals surface area contributed by atoms with Crippen molar-refractivity contribution in [2.75, 3.05) is 6.54 Å². The molecule has 6 nitrogen and oxygen atoms in total. The first-order valence-electron chi connectivity index (χ1n) is 5.83. The van der Waals surface area contributed by atoms with E-state index >= 15 is 0 Å². The molecular formula is C12H15ClN2O4. The Balaban J connectivity index is 2.30. The molecule has 0 saturated heterocycles. The number of aryl methyl sites for hydroxylation is 1. The Kier molecular flexibility index (Phi) is 6.08. The Bertz CT molecular complexity index is 513. The first-order valence-corrected chi connectivity index (χ1v) is 6.21. The third kappa shape index (κ3) is 6.05. The lowest BCUT2D eigenvalue weighted by Crippen LogP contribution is -2.26. The average Bonchev–Trinajstić information content (AvgIpc) is 2.33. The van der Waals surface area contributed by atoms with Crippen molar-refractivity contribution in [3.8, 4) is 0 Å². The molecule has 0 spiro atoms. The zero-order valence-corrected chi connectivity index (χ0v) is 11.0. The molecule has 104 valence electrons. The molecule has 0 aromatic carbocycles. The minimum absolute atomic E-state index is 0.0977. The maximum absolute atomic E-state index is 11.4. The van der Waals surface area contributed by atoms with Crippen molar-refractivity contribution >= 4 is 23.5 Å². The van der Waals surface area contributed by atoms with Gasteiger partial charge in [-0.3, -0.25) is 14.4 Å². The second-order valence-corrected chi connectivity index (χ2v) is 4.41. The summed E-state index contributed by atoms with van der Waals surface area (Å²) >= 11 is 5.76. The highest BCUT2D eigenvalue weighted by atomic mass is 35.5. The fourth-order valence-electron chi connectivity index (χ4n) is 1.48. The summed E-state index contributed by atoms with van der Waals surface area (Å²) in [5.74, 6) is -1.18. The van der Waals surface area contributed by atoms with E-state index in [1.807, 2.05) is 0 Å². The van der Waals surface area contributed by atoms with E-state index in [2.05, 4.69) is 5.32 Å². The highest BCUT2D eigenvalue weighted by molar-refractivity contribution is 6.30. The Morgan fingerprint density at radius 1 is 1.32 bits per heavy atom. The van der Waals surface area contributed by atoms with Crippen LogP contribution < -0.4 is 10.9 Å². The molecule has 1 heterocycles. The van der Waals surface area contributed by atoms with Crippen molar-refractivity contribution in [3.63, 3.8) is 0 Å². The largest absolute Gasteiger partial charge is 0.481 e. The smallest absolute Gasteiger partial charge is 0.305 e. The molecule has 0 aliphatic carbocycles. The number of nitrogens with one attached hydrogen (secondary N) is 1. The van der Waals surface area contributed by atoms with Gasteiger partial charge in [0, 0.05) is 31.8 Å². The van der Waals surface area contributed by atoms with E-state index < -0.39 is 5.97 Å². The molecule has 0 fully saturated rings. The van der Waals surface area contributed by atoms with Crippen LogP contribution in [0.2, 0.25) is 5.02 Å². The highest BCUT2D eigenvalue weighted by Crippen LogP contribution is 2.04. The molecule has 0 saturated carbocycles. The van der Waals surface area contributed by atoms with Gasteiger partial charge in [-0.15, -0.1) is 0 Å². The second kappa shape index (κ2) is 7.58. The lowest BCUT2D eigenvalue weighted by atomic mass is 10.3. The van der Waals surface area contributed by atoms with E-state index in [0.29, 0.717) is 18.0 Å². The number of aromatic nitrogens is 1. The number of carboxylic acids is 1. The SMILES string of the molecule is O=C(O)CCNC(=O)CCCn1cc(Cl)ccc1=O. The molecular weight excluding hydrogens is 272 g/mol. The van der Waals surface area contributed by atoms with Crippen LogP contribution in [0, 0.1) is 0 Å². The van der Waals surface area contributed by atoms with Crippen LogP contribution in [-0.4, -0.2) is 28.1 Å². The Morgan fingerprint density at radius 2 is 2.05 bits per heavy atom. The molecule has 0 radical (unpaired) electrons. The lowest BCUT2D eigenvalue weighted by Gasteiger charge is -2.06. The highest BCUT2D eigenvalue weighted by Gasteiger charge is 2.03. The van der Waals surface area contributed by atoms with E-state index in [4.69, 9.17) is 16.7 Å². The van der Waals surface area contributed by atoms with Gasteiger partial charge in [-0.05, 0) is 12.5 Å². The second-order valence-electron chi connectivity index (χ2n) is 3.98. The first kappa shape index (κ1) is 15.2.